The molecule has 1 saturated carbocycles. The monoisotopic (exact) mass is 278 g/mol. The predicted octanol–water partition coefficient (Wildman–Crippen LogP) is 3.26. The fraction of sp³-hybridized carbons (Fsp3) is 0.750. The van der Waals surface area contributed by atoms with Crippen molar-refractivity contribution >= 4 is 11.3 Å². The van der Waals surface area contributed by atoms with Gasteiger partial charge in [-0.15, -0.1) is 11.3 Å². The molecule has 2 nitrogen and oxygen atoms in total. The first-order valence-corrected chi connectivity index (χ1v) is 8.65. The van der Waals surface area contributed by atoms with E-state index in [2.05, 4.69) is 23.3 Å². The minimum absolute atomic E-state index is 0.612. The van der Waals surface area contributed by atoms with Crippen LogP contribution in [0.4, 0.5) is 0 Å². The van der Waals surface area contributed by atoms with E-state index in [0.717, 1.165) is 24.9 Å². The fourth-order valence-electron chi connectivity index (χ4n) is 3.86. The van der Waals surface area contributed by atoms with Crippen LogP contribution in [0.15, 0.2) is 11.4 Å². The van der Waals surface area contributed by atoms with Crippen molar-refractivity contribution in [1.29, 1.82) is 0 Å². The van der Waals surface area contributed by atoms with Crippen LogP contribution in [0.25, 0.3) is 0 Å². The van der Waals surface area contributed by atoms with Crippen molar-refractivity contribution in [3.05, 3.63) is 21.9 Å². The standard InChI is InChI=1S/C16H26N2S/c1-12-2-4-13(5-3-12)15(10-17)18-8-6-16-14(11-18)7-9-19-16/h7,9,12-13,15H,2-6,8,10-11,17H2,1H3. The molecule has 1 unspecified atom stereocenters. The minimum Gasteiger partial charge on any atom is -0.329 e. The first kappa shape index (κ1) is 13.6. The highest BCUT2D eigenvalue weighted by Gasteiger charge is 2.31. The van der Waals surface area contributed by atoms with Gasteiger partial charge in [0.2, 0.25) is 0 Å². The molecule has 1 aromatic rings. The first-order chi connectivity index (χ1) is 9.28. The topological polar surface area (TPSA) is 29.3 Å². The molecule has 2 aliphatic rings. The van der Waals surface area contributed by atoms with E-state index in [0.29, 0.717) is 6.04 Å². The minimum atomic E-state index is 0.612. The molecule has 19 heavy (non-hydrogen) atoms. The second kappa shape index (κ2) is 5.94. The Hall–Kier alpha value is -0.380. The Kier molecular flexibility index (Phi) is 4.25. The third-order valence-corrected chi connectivity index (χ3v) is 6.18. The SMILES string of the molecule is CC1CCC(C(CN)N2CCc3sccc3C2)CC1. The largest absolute Gasteiger partial charge is 0.329 e. The van der Waals surface area contributed by atoms with Crippen LogP contribution in [0.3, 0.4) is 0 Å². The van der Waals surface area contributed by atoms with E-state index in [1.807, 2.05) is 11.3 Å². The maximum absolute atomic E-state index is 6.13. The summed E-state index contributed by atoms with van der Waals surface area (Å²) in [5.41, 5.74) is 7.68. The van der Waals surface area contributed by atoms with Crippen molar-refractivity contribution in [3.63, 3.8) is 0 Å². The number of nitrogens with zero attached hydrogens (tertiary/aromatic N) is 1. The van der Waals surface area contributed by atoms with Crippen LogP contribution in [0.2, 0.25) is 0 Å². The van der Waals surface area contributed by atoms with Crippen molar-refractivity contribution in [2.45, 2.75) is 51.6 Å². The van der Waals surface area contributed by atoms with Crippen LogP contribution < -0.4 is 5.73 Å². The van der Waals surface area contributed by atoms with E-state index < -0.39 is 0 Å². The number of nitrogens with two attached hydrogens (primary N) is 1. The highest BCUT2D eigenvalue weighted by atomic mass is 32.1. The lowest BCUT2D eigenvalue weighted by molar-refractivity contribution is 0.101. The van der Waals surface area contributed by atoms with Crippen LogP contribution in [0.1, 0.15) is 43.0 Å². The lowest BCUT2D eigenvalue weighted by atomic mass is 9.78. The summed E-state index contributed by atoms with van der Waals surface area (Å²) < 4.78 is 0. The van der Waals surface area contributed by atoms with Crippen LogP contribution >= 0.6 is 11.3 Å². The molecule has 2 heterocycles. The van der Waals surface area contributed by atoms with Gasteiger partial charge in [-0.05, 0) is 48.1 Å². The summed E-state index contributed by atoms with van der Waals surface area (Å²) in [6.07, 6.45) is 6.80. The number of rotatable bonds is 3. The molecule has 1 fully saturated rings. The van der Waals surface area contributed by atoms with Gasteiger partial charge in [-0.25, -0.2) is 0 Å². The smallest absolute Gasteiger partial charge is 0.0250 e. The van der Waals surface area contributed by atoms with E-state index in [4.69, 9.17) is 5.73 Å². The Bertz CT molecular complexity index is 407. The molecule has 0 spiro atoms. The van der Waals surface area contributed by atoms with Crippen LogP contribution in [-0.2, 0) is 13.0 Å². The predicted molar refractivity (Wildman–Crippen MR) is 82.4 cm³/mol. The molecule has 3 heteroatoms. The summed E-state index contributed by atoms with van der Waals surface area (Å²) in [6, 6.07) is 2.92. The van der Waals surface area contributed by atoms with E-state index in [9.17, 15) is 0 Å². The van der Waals surface area contributed by atoms with Crippen molar-refractivity contribution < 1.29 is 0 Å². The lowest BCUT2D eigenvalue weighted by Crippen LogP contribution is -2.48. The zero-order valence-electron chi connectivity index (χ0n) is 12.0. The third-order valence-electron chi connectivity index (χ3n) is 5.15. The van der Waals surface area contributed by atoms with Crippen LogP contribution in [-0.4, -0.2) is 24.0 Å². The molecule has 2 N–H and O–H groups in total. The summed E-state index contributed by atoms with van der Waals surface area (Å²) in [6.45, 7) is 5.57. The zero-order chi connectivity index (χ0) is 13.2. The van der Waals surface area contributed by atoms with Gasteiger partial charge in [0.15, 0.2) is 0 Å². The van der Waals surface area contributed by atoms with Crippen LogP contribution in [0.5, 0.6) is 0 Å². The van der Waals surface area contributed by atoms with Gasteiger partial charge >= 0.3 is 0 Å². The van der Waals surface area contributed by atoms with Crippen molar-refractivity contribution in [2.24, 2.45) is 17.6 Å². The fourth-order valence-corrected chi connectivity index (χ4v) is 4.75. The summed E-state index contributed by atoms with van der Waals surface area (Å²) in [5.74, 6) is 1.76. The highest BCUT2D eigenvalue weighted by Crippen LogP contribution is 2.34. The molecule has 0 saturated heterocycles. The van der Waals surface area contributed by atoms with Gasteiger partial charge in [0, 0.05) is 30.6 Å². The summed E-state index contributed by atoms with van der Waals surface area (Å²) in [7, 11) is 0. The van der Waals surface area contributed by atoms with E-state index in [1.165, 1.54) is 38.6 Å². The number of thiophene rings is 1. The molecular weight excluding hydrogens is 252 g/mol. The zero-order valence-corrected chi connectivity index (χ0v) is 12.8. The number of fused-ring (bicyclic) bond motifs is 1. The molecule has 3 rings (SSSR count). The summed E-state index contributed by atoms with van der Waals surface area (Å²) in [4.78, 5) is 4.26. The Balaban J connectivity index is 1.66. The Morgan fingerprint density at radius 3 is 2.89 bits per heavy atom. The molecule has 0 amide bonds. The first-order valence-electron chi connectivity index (χ1n) is 7.77. The van der Waals surface area contributed by atoms with Gasteiger partial charge in [0.1, 0.15) is 0 Å². The van der Waals surface area contributed by atoms with E-state index in [1.54, 1.807) is 10.4 Å². The maximum atomic E-state index is 6.13. The Morgan fingerprint density at radius 2 is 2.16 bits per heavy atom. The summed E-state index contributed by atoms with van der Waals surface area (Å²) in [5, 5.41) is 2.24. The van der Waals surface area contributed by atoms with Crippen molar-refractivity contribution in [1.82, 2.24) is 4.90 Å². The lowest BCUT2D eigenvalue weighted by Gasteiger charge is -2.41. The molecule has 0 radical (unpaired) electrons. The molecule has 1 atom stereocenters. The average molecular weight is 278 g/mol. The maximum Gasteiger partial charge on any atom is 0.0250 e. The molecule has 0 bridgehead atoms. The van der Waals surface area contributed by atoms with E-state index >= 15 is 0 Å². The molecule has 1 aliphatic heterocycles. The van der Waals surface area contributed by atoms with Gasteiger partial charge in [0.25, 0.3) is 0 Å². The molecular formula is C16H26N2S. The van der Waals surface area contributed by atoms with Crippen molar-refractivity contribution in [2.75, 3.05) is 13.1 Å². The van der Waals surface area contributed by atoms with Gasteiger partial charge in [0.05, 0.1) is 0 Å². The van der Waals surface area contributed by atoms with E-state index in [-0.39, 0.29) is 0 Å². The highest BCUT2D eigenvalue weighted by molar-refractivity contribution is 7.10. The number of hydrogen-bond acceptors (Lipinski definition) is 3. The molecule has 1 aliphatic carbocycles. The normalized spacial score (nSPS) is 30.0. The third kappa shape index (κ3) is 2.88. The summed E-state index contributed by atoms with van der Waals surface area (Å²) >= 11 is 1.92. The Labute approximate surface area is 121 Å². The molecule has 1 aromatic heterocycles. The quantitative estimate of drug-likeness (QED) is 0.919. The van der Waals surface area contributed by atoms with Crippen LogP contribution in [0, 0.1) is 11.8 Å². The average Bonchev–Trinajstić information content (AvgIpc) is 2.89. The Morgan fingerprint density at radius 1 is 1.37 bits per heavy atom. The van der Waals surface area contributed by atoms with Gasteiger partial charge in [-0.3, -0.25) is 4.90 Å². The second-order valence-corrected chi connectivity index (χ2v) is 7.41. The second-order valence-electron chi connectivity index (χ2n) is 6.41. The number of hydrogen-bond donors (Lipinski definition) is 1. The van der Waals surface area contributed by atoms with Gasteiger partial charge in [-0.1, -0.05) is 19.8 Å². The van der Waals surface area contributed by atoms with Crippen molar-refractivity contribution in [3.8, 4) is 0 Å². The molecule has 106 valence electrons. The van der Waals surface area contributed by atoms with Gasteiger partial charge < -0.3 is 5.73 Å². The molecule has 0 aromatic carbocycles. The van der Waals surface area contributed by atoms with Gasteiger partial charge in [-0.2, -0.15) is 0 Å².